The van der Waals surface area contributed by atoms with Crippen LogP contribution in [0.4, 0.5) is 0 Å². The van der Waals surface area contributed by atoms with Crippen molar-refractivity contribution < 1.29 is 23.9 Å². The van der Waals surface area contributed by atoms with Crippen LogP contribution in [-0.2, 0) is 22.6 Å². The van der Waals surface area contributed by atoms with Crippen molar-refractivity contribution in [3.05, 3.63) is 59.0 Å². The molecule has 10 nitrogen and oxygen atoms in total. The van der Waals surface area contributed by atoms with Crippen molar-refractivity contribution in [3.63, 3.8) is 0 Å². The first-order chi connectivity index (χ1) is 18.4. The lowest BCUT2D eigenvalue weighted by atomic mass is 8.92. The fourth-order valence-electron chi connectivity index (χ4n) is 9.89. The van der Waals surface area contributed by atoms with E-state index in [0.717, 1.165) is 11.1 Å². The molecule has 2 N–H and O–H groups in total. The summed E-state index contributed by atoms with van der Waals surface area (Å²) in [5, 5.41) is 10.2. The Morgan fingerprint density at radius 2 is 1.79 bits per heavy atom. The van der Waals surface area contributed by atoms with E-state index in [0.29, 0.717) is 59.2 Å². The third kappa shape index (κ3) is 1.99. The zero-order valence-electron chi connectivity index (χ0n) is 20.4. The molecule has 6 fully saturated rings. The molecule has 1 aromatic carbocycles. The first-order valence-electron chi connectivity index (χ1n) is 13.1. The summed E-state index contributed by atoms with van der Waals surface area (Å²) >= 11 is 0. The Kier molecular flexibility index (Phi) is 3.47. The van der Waals surface area contributed by atoms with Crippen LogP contribution in [-0.4, -0.2) is 44.7 Å². The average Bonchev–Trinajstić information content (AvgIpc) is 3.54. The summed E-state index contributed by atoms with van der Waals surface area (Å²) in [5.74, 6) is 3.42. The molecular weight excluding hydrogens is 486 g/mol. The van der Waals surface area contributed by atoms with Crippen LogP contribution < -0.4 is 15.4 Å². The maximum absolute atomic E-state index is 13.3. The average molecular weight is 510 g/mol. The highest BCUT2D eigenvalue weighted by molar-refractivity contribution is 5.98. The molecule has 0 radical (unpaired) electrons. The molecule has 2 amide bonds. The molecular formula is C28H23N5O5. The molecule has 6 saturated carbocycles. The van der Waals surface area contributed by atoms with Gasteiger partial charge in [-0.15, -0.1) is 0 Å². The van der Waals surface area contributed by atoms with Gasteiger partial charge in [0, 0.05) is 36.2 Å². The molecule has 2 aromatic heterocycles. The van der Waals surface area contributed by atoms with Gasteiger partial charge < -0.3 is 15.4 Å². The van der Waals surface area contributed by atoms with Crippen molar-refractivity contribution in [2.45, 2.75) is 19.9 Å². The summed E-state index contributed by atoms with van der Waals surface area (Å²) < 4.78 is 6.57. The van der Waals surface area contributed by atoms with Gasteiger partial charge in [0.05, 0.1) is 12.6 Å². The minimum absolute atomic E-state index is 0.0192. The SMILES string of the molecule is CC(=O)C12C3C4C1C1C2C3C41CNC(=O)c1cc(C(=O)NCc2ccc3c(c2)CC(=O)O3)nc2ccnn12. The standard InChI is InChI=1S/C28H23N5O5/c1-11(34)28-22-19-23(28)21-24(28)20(22)27(19,21)10-30-26(37)15-8-14(32-17-4-5-31-33(15)17)25(36)29-9-12-2-3-16-13(6-12)7-18(35)38-16/h2-6,8,19-24H,7,9-10H2,1H3,(H,29,36)(H,30,37). The van der Waals surface area contributed by atoms with Crippen LogP contribution in [0.1, 0.15) is 39.0 Å². The number of carbonyl (C=O) groups is 4. The number of hydrogen-bond acceptors (Lipinski definition) is 7. The highest BCUT2D eigenvalue weighted by Crippen LogP contribution is 3.10. The molecule has 10 heteroatoms. The van der Waals surface area contributed by atoms with E-state index in [1.165, 1.54) is 10.6 Å². The Hall–Kier alpha value is -4.08. The van der Waals surface area contributed by atoms with Crippen LogP contribution in [0, 0.1) is 46.3 Å². The molecule has 0 unspecified atom stereocenters. The summed E-state index contributed by atoms with van der Waals surface area (Å²) in [6, 6.07) is 8.50. The summed E-state index contributed by atoms with van der Waals surface area (Å²) in [6.07, 6.45) is 1.77. The van der Waals surface area contributed by atoms with Gasteiger partial charge in [-0.25, -0.2) is 9.50 Å². The third-order valence-corrected chi connectivity index (χ3v) is 11.0. The molecule has 0 spiro atoms. The molecule has 7 aliphatic rings. The third-order valence-electron chi connectivity index (χ3n) is 11.0. The lowest BCUT2D eigenvalue weighted by Crippen LogP contribution is -3.11. The molecule has 1 aliphatic heterocycles. The number of carbonyl (C=O) groups excluding carboxylic acids is 4. The molecule has 6 aliphatic carbocycles. The Morgan fingerprint density at radius 1 is 1.03 bits per heavy atom. The number of esters is 1. The van der Waals surface area contributed by atoms with E-state index in [2.05, 4.69) is 20.7 Å². The Morgan fingerprint density at radius 3 is 2.53 bits per heavy atom. The molecule has 38 heavy (non-hydrogen) atoms. The van der Waals surface area contributed by atoms with Crippen LogP contribution >= 0.6 is 0 Å². The second-order valence-corrected chi connectivity index (χ2v) is 11.8. The topological polar surface area (TPSA) is 132 Å². The minimum Gasteiger partial charge on any atom is -0.426 e. The van der Waals surface area contributed by atoms with Gasteiger partial charge >= 0.3 is 5.97 Å². The number of benzene rings is 1. The summed E-state index contributed by atoms with van der Waals surface area (Å²) in [5.41, 5.74) is 2.64. The number of Topliss-reactive ketones (excluding diaryl/α,β-unsaturated/α-hetero) is 1. The minimum atomic E-state index is -0.411. The van der Waals surface area contributed by atoms with E-state index in [4.69, 9.17) is 4.74 Å². The van der Waals surface area contributed by atoms with Crippen LogP contribution in [0.5, 0.6) is 5.75 Å². The van der Waals surface area contributed by atoms with Crippen molar-refractivity contribution in [2.75, 3.05) is 6.54 Å². The van der Waals surface area contributed by atoms with Crippen molar-refractivity contribution in [2.24, 2.45) is 46.3 Å². The van der Waals surface area contributed by atoms with Gasteiger partial charge in [-0.1, -0.05) is 6.07 Å². The highest BCUT2D eigenvalue weighted by Gasteiger charge is 3.10. The van der Waals surface area contributed by atoms with Gasteiger partial charge in [-0.05, 0) is 65.5 Å². The number of hydrogen-bond donors (Lipinski definition) is 2. The van der Waals surface area contributed by atoms with E-state index >= 15 is 0 Å². The quantitative estimate of drug-likeness (QED) is 0.361. The lowest BCUT2D eigenvalue weighted by Gasteiger charge is -3.11. The first-order valence-corrected chi connectivity index (χ1v) is 13.1. The highest BCUT2D eigenvalue weighted by atomic mass is 16.5. The first kappa shape index (κ1) is 20.9. The van der Waals surface area contributed by atoms with E-state index in [1.54, 1.807) is 31.3 Å². The number of ketones is 1. The van der Waals surface area contributed by atoms with E-state index in [9.17, 15) is 19.2 Å². The molecule has 0 atom stereocenters. The van der Waals surface area contributed by atoms with Gasteiger partial charge in [0.15, 0.2) is 5.65 Å². The lowest BCUT2D eigenvalue weighted by molar-refractivity contribution is -0.638. The van der Waals surface area contributed by atoms with Gasteiger partial charge in [-0.3, -0.25) is 19.2 Å². The fourth-order valence-corrected chi connectivity index (χ4v) is 9.89. The van der Waals surface area contributed by atoms with Crippen LogP contribution in [0.3, 0.4) is 0 Å². The van der Waals surface area contributed by atoms with Gasteiger partial charge in [-0.2, -0.15) is 5.10 Å². The van der Waals surface area contributed by atoms with Crippen LogP contribution in [0.25, 0.3) is 5.65 Å². The Bertz CT molecular complexity index is 1640. The summed E-state index contributed by atoms with van der Waals surface area (Å²) in [7, 11) is 0. The molecule has 0 saturated heterocycles. The van der Waals surface area contributed by atoms with E-state index in [1.807, 2.05) is 6.07 Å². The maximum atomic E-state index is 13.3. The van der Waals surface area contributed by atoms with Crippen molar-refractivity contribution in [3.8, 4) is 5.75 Å². The second kappa shape index (κ2) is 6.31. The predicted octanol–water partition coefficient (Wildman–Crippen LogP) is 1.18. The van der Waals surface area contributed by atoms with Crippen molar-refractivity contribution in [1.82, 2.24) is 25.2 Å². The number of nitrogens with one attached hydrogen (secondary N) is 2. The smallest absolute Gasteiger partial charge is 0.315 e. The largest absolute Gasteiger partial charge is 0.426 e. The fraction of sp³-hybridized carbons (Fsp3) is 0.429. The second-order valence-electron chi connectivity index (χ2n) is 11.8. The van der Waals surface area contributed by atoms with Crippen molar-refractivity contribution in [1.29, 1.82) is 0 Å². The van der Waals surface area contributed by atoms with Gasteiger partial charge in [0.1, 0.15) is 22.9 Å². The zero-order chi connectivity index (χ0) is 25.7. The van der Waals surface area contributed by atoms with Crippen LogP contribution in [0.2, 0.25) is 0 Å². The maximum Gasteiger partial charge on any atom is 0.315 e. The monoisotopic (exact) mass is 509 g/mol. The number of aromatic nitrogens is 3. The van der Waals surface area contributed by atoms with Crippen molar-refractivity contribution >= 4 is 29.2 Å². The summed E-state index contributed by atoms with van der Waals surface area (Å²) in [4.78, 5) is 54.4. The number of fused-ring (bicyclic) bond motifs is 2. The number of nitrogens with zero attached hydrogens (tertiary/aromatic N) is 3. The van der Waals surface area contributed by atoms with E-state index < -0.39 is 5.91 Å². The molecule has 3 aromatic rings. The summed E-state index contributed by atoms with van der Waals surface area (Å²) in [6.45, 7) is 2.61. The Balaban J connectivity index is 0.910. The molecule has 10 rings (SSSR count). The molecule has 0 bridgehead atoms. The number of ether oxygens (including phenoxy) is 1. The number of amides is 2. The van der Waals surface area contributed by atoms with Crippen LogP contribution in [0.15, 0.2) is 36.5 Å². The molecule has 190 valence electrons. The van der Waals surface area contributed by atoms with E-state index in [-0.39, 0.29) is 47.1 Å². The normalized spacial score (nSPS) is 36.9. The van der Waals surface area contributed by atoms with Gasteiger partial charge in [0.25, 0.3) is 11.8 Å². The number of rotatable bonds is 7. The van der Waals surface area contributed by atoms with Gasteiger partial charge in [0.2, 0.25) is 0 Å². The Labute approximate surface area is 216 Å². The zero-order valence-corrected chi connectivity index (χ0v) is 20.4. The molecule has 3 heterocycles. The predicted molar refractivity (Wildman–Crippen MR) is 129 cm³/mol.